The smallest absolute Gasteiger partial charge is 0.119 e. The van der Waals surface area contributed by atoms with Gasteiger partial charge >= 0.3 is 0 Å². The summed E-state index contributed by atoms with van der Waals surface area (Å²) in [4.78, 5) is 0. The van der Waals surface area contributed by atoms with E-state index in [1.54, 1.807) is 0 Å². The maximum atomic E-state index is 5.85. The van der Waals surface area contributed by atoms with E-state index in [4.69, 9.17) is 4.74 Å². The minimum absolute atomic E-state index is 0.398. The van der Waals surface area contributed by atoms with Crippen molar-refractivity contribution in [2.24, 2.45) is 11.3 Å². The fraction of sp³-hybridized carbons (Fsp3) is 0.643. The molecule has 0 amide bonds. The van der Waals surface area contributed by atoms with Crippen LogP contribution in [-0.2, 0) is 5.33 Å². The second kappa shape index (κ2) is 14.9. The molecule has 2 unspecified atom stereocenters. The highest BCUT2D eigenvalue weighted by Crippen LogP contribution is 2.34. The Bertz CT molecular complexity index is 618. The van der Waals surface area contributed by atoms with Crippen LogP contribution in [0.1, 0.15) is 96.5 Å². The van der Waals surface area contributed by atoms with Crippen molar-refractivity contribution in [3.63, 3.8) is 0 Å². The fourth-order valence-electron chi connectivity index (χ4n) is 4.52. The van der Waals surface area contributed by atoms with E-state index in [0.29, 0.717) is 5.41 Å². The second-order valence-electron chi connectivity index (χ2n) is 9.29. The topological polar surface area (TPSA) is 9.23 Å². The minimum atomic E-state index is 0.398. The van der Waals surface area contributed by atoms with Gasteiger partial charge in [0.1, 0.15) is 5.75 Å². The van der Waals surface area contributed by atoms with E-state index in [1.165, 1.54) is 76.2 Å². The molecule has 1 nitrogen and oxygen atoms in total. The monoisotopic (exact) mass is 474 g/mol. The zero-order chi connectivity index (χ0) is 21.5. The van der Waals surface area contributed by atoms with Crippen molar-refractivity contribution in [3.05, 3.63) is 54.1 Å². The van der Waals surface area contributed by atoms with Gasteiger partial charge in [-0.15, -0.1) is 0 Å². The van der Waals surface area contributed by atoms with E-state index in [-0.39, 0.29) is 0 Å². The van der Waals surface area contributed by atoms with E-state index < -0.39 is 0 Å². The summed E-state index contributed by atoms with van der Waals surface area (Å²) in [7, 11) is 0. The first kappa shape index (κ1) is 25.2. The van der Waals surface area contributed by atoms with E-state index in [0.717, 1.165) is 30.0 Å². The third-order valence-corrected chi connectivity index (χ3v) is 7.04. The van der Waals surface area contributed by atoms with Gasteiger partial charge in [0.05, 0.1) is 6.61 Å². The molecule has 2 rings (SSSR count). The number of rotatable bonds is 16. The van der Waals surface area contributed by atoms with Crippen molar-refractivity contribution in [3.8, 4) is 5.75 Å². The number of ether oxygens (including phenoxy) is 1. The van der Waals surface area contributed by atoms with Crippen LogP contribution in [0.15, 0.2) is 48.6 Å². The molecule has 0 saturated heterocycles. The van der Waals surface area contributed by atoms with Crippen LogP contribution in [0.4, 0.5) is 0 Å². The largest absolute Gasteiger partial charge is 0.494 e. The lowest BCUT2D eigenvalue weighted by molar-refractivity contribution is 0.304. The summed E-state index contributed by atoms with van der Waals surface area (Å²) in [6.07, 6.45) is 25.4. The fourth-order valence-corrected chi connectivity index (χ4v) is 4.89. The molecule has 1 aromatic carbocycles. The third-order valence-electron chi connectivity index (χ3n) is 6.39. The zero-order valence-electron chi connectivity index (χ0n) is 19.4. The molecule has 1 aromatic rings. The molecule has 1 aliphatic carbocycles. The number of halogens is 1. The first-order valence-corrected chi connectivity index (χ1v) is 13.4. The summed E-state index contributed by atoms with van der Waals surface area (Å²) in [6, 6.07) is 8.38. The highest BCUT2D eigenvalue weighted by atomic mass is 79.9. The summed E-state index contributed by atoms with van der Waals surface area (Å²) in [5, 5.41) is 0.900. The van der Waals surface area contributed by atoms with Crippen molar-refractivity contribution in [1.29, 1.82) is 0 Å². The molecule has 0 spiro atoms. The Morgan fingerprint density at radius 1 is 1.07 bits per heavy atom. The molecule has 2 atom stereocenters. The van der Waals surface area contributed by atoms with Gasteiger partial charge in [-0.3, -0.25) is 0 Å². The lowest BCUT2D eigenvalue weighted by Gasteiger charge is -2.26. The van der Waals surface area contributed by atoms with Crippen molar-refractivity contribution < 1.29 is 4.74 Å². The number of alkyl halides is 1. The second-order valence-corrected chi connectivity index (χ2v) is 9.85. The maximum absolute atomic E-state index is 5.85. The molecule has 0 aliphatic heterocycles. The lowest BCUT2D eigenvalue weighted by Crippen LogP contribution is -2.13. The number of benzene rings is 1. The van der Waals surface area contributed by atoms with Gasteiger partial charge in [-0.1, -0.05) is 91.9 Å². The molecule has 0 radical (unpaired) electrons. The van der Waals surface area contributed by atoms with E-state index in [2.05, 4.69) is 78.3 Å². The van der Waals surface area contributed by atoms with Crippen LogP contribution in [0.25, 0.3) is 0 Å². The quantitative estimate of drug-likeness (QED) is 0.131. The van der Waals surface area contributed by atoms with Gasteiger partial charge in [0.15, 0.2) is 0 Å². The molecule has 0 heterocycles. The average Bonchev–Trinajstić information content (AvgIpc) is 3.27. The van der Waals surface area contributed by atoms with Crippen LogP contribution < -0.4 is 4.74 Å². The SMILES string of the molecule is CCCC(C)(C=CCCCCCCOc1ccc(CBr)cc1)CCCC1C=CCC1. The van der Waals surface area contributed by atoms with E-state index in [1.807, 2.05) is 0 Å². The highest BCUT2D eigenvalue weighted by molar-refractivity contribution is 9.08. The molecular formula is C28H43BrO. The highest BCUT2D eigenvalue weighted by Gasteiger charge is 2.20. The molecule has 0 saturated carbocycles. The Labute approximate surface area is 194 Å². The maximum Gasteiger partial charge on any atom is 0.119 e. The number of allylic oxidation sites excluding steroid dienone is 4. The molecule has 168 valence electrons. The summed E-state index contributed by atoms with van der Waals surface area (Å²) in [6.45, 7) is 5.62. The summed E-state index contributed by atoms with van der Waals surface area (Å²) < 4.78 is 5.85. The average molecular weight is 476 g/mol. The standard InChI is InChI=1S/C28H43BrO/c1-3-20-28(2,22-12-15-25-13-8-9-14-25)21-10-6-4-5-7-11-23-30-27-18-16-26(24-29)17-19-27/h8,10,13,16-19,21,25H,3-7,9,11-12,14-15,20,22-24H2,1-2H3. The van der Waals surface area contributed by atoms with Crippen molar-refractivity contribution in [1.82, 2.24) is 0 Å². The Morgan fingerprint density at radius 3 is 2.57 bits per heavy atom. The van der Waals surface area contributed by atoms with Gasteiger partial charge < -0.3 is 4.74 Å². The van der Waals surface area contributed by atoms with Gasteiger partial charge in [-0.25, -0.2) is 0 Å². The molecule has 30 heavy (non-hydrogen) atoms. The molecule has 2 heteroatoms. The molecule has 0 N–H and O–H groups in total. The first-order valence-electron chi connectivity index (χ1n) is 12.3. The summed E-state index contributed by atoms with van der Waals surface area (Å²) >= 11 is 3.48. The Hall–Kier alpha value is -1.02. The van der Waals surface area contributed by atoms with Crippen molar-refractivity contribution in [2.45, 2.75) is 96.2 Å². The van der Waals surface area contributed by atoms with Crippen LogP contribution in [0.2, 0.25) is 0 Å². The summed E-state index contributed by atoms with van der Waals surface area (Å²) in [5.41, 5.74) is 1.69. The third kappa shape index (κ3) is 10.3. The predicted molar refractivity (Wildman–Crippen MR) is 136 cm³/mol. The van der Waals surface area contributed by atoms with Crippen molar-refractivity contribution >= 4 is 15.9 Å². The number of unbranched alkanes of at least 4 members (excludes halogenated alkanes) is 4. The summed E-state index contributed by atoms with van der Waals surface area (Å²) in [5.74, 6) is 1.85. The van der Waals surface area contributed by atoms with Gasteiger partial charge in [0.2, 0.25) is 0 Å². The normalized spacial score (nSPS) is 18.2. The molecular weight excluding hydrogens is 432 g/mol. The van der Waals surface area contributed by atoms with Crippen molar-refractivity contribution in [2.75, 3.05) is 6.61 Å². The van der Waals surface area contributed by atoms with Crippen LogP contribution >= 0.6 is 15.9 Å². The predicted octanol–water partition coefficient (Wildman–Crippen LogP) is 9.41. The number of hydrogen-bond acceptors (Lipinski definition) is 1. The molecule has 1 aliphatic rings. The Balaban J connectivity index is 1.53. The Morgan fingerprint density at radius 2 is 1.87 bits per heavy atom. The van der Waals surface area contributed by atoms with E-state index >= 15 is 0 Å². The molecule has 0 bridgehead atoms. The van der Waals surface area contributed by atoms with Crippen LogP contribution in [0, 0.1) is 11.3 Å². The van der Waals surface area contributed by atoms with Gasteiger partial charge in [0.25, 0.3) is 0 Å². The van der Waals surface area contributed by atoms with Gasteiger partial charge in [-0.05, 0) is 80.4 Å². The van der Waals surface area contributed by atoms with E-state index in [9.17, 15) is 0 Å². The Kier molecular flexibility index (Phi) is 12.5. The zero-order valence-corrected chi connectivity index (χ0v) is 21.0. The van der Waals surface area contributed by atoms with Crippen LogP contribution in [0.3, 0.4) is 0 Å². The van der Waals surface area contributed by atoms with Gasteiger partial charge in [-0.2, -0.15) is 0 Å². The lowest BCUT2D eigenvalue weighted by atomic mass is 9.79. The van der Waals surface area contributed by atoms with Crippen LogP contribution in [-0.4, -0.2) is 6.61 Å². The minimum Gasteiger partial charge on any atom is -0.494 e. The number of hydrogen-bond donors (Lipinski definition) is 0. The first-order chi connectivity index (χ1) is 14.6. The molecule has 0 fully saturated rings. The van der Waals surface area contributed by atoms with Crippen LogP contribution in [0.5, 0.6) is 5.75 Å². The van der Waals surface area contributed by atoms with Gasteiger partial charge in [0, 0.05) is 5.33 Å². The molecule has 0 aromatic heterocycles.